The molecule has 23 heavy (non-hydrogen) atoms. The number of hydrogen-bond acceptors (Lipinski definition) is 5. The van der Waals surface area contributed by atoms with Gasteiger partial charge >= 0.3 is 5.97 Å². The molecular weight excluding hydrogens is 300 g/mol. The van der Waals surface area contributed by atoms with Gasteiger partial charge in [0.05, 0.1) is 6.61 Å². The second kappa shape index (κ2) is 9.24. The minimum Gasteiger partial charge on any atom is -0.484 e. The summed E-state index contributed by atoms with van der Waals surface area (Å²) in [6.07, 6.45) is 1.77. The molecule has 0 radical (unpaired) electrons. The highest BCUT2D eigenvalue weighted by molar-refractivity contribution is 5.97. The molecule has 0 unspecified atom stereocenters. The molecule has 0 fully saturated rings. The Morgan fingerprint density at radius 1 is 1.39 bits per heavy atom. The van der Waals surface area contributed by atoms with Crippen LogP contribution in [0.15, 0.2) is 36.9 Å². The van der Waals surface area contributed by atoms with Gasteiger partial charge < -0.3 is 20.5 Å². The van der Waals surface area contributed by atoms with E-state index in [0.29, 0.717) is 5.75 Å². The summed E-state index contributed by atoms with van der Waals surface area (Å²) in [6, 6.07) is 5.39. The highest BCUT2D eigenvalue weighted by Gasteiger charge is 2.21. The number of esters is 1. The topological polar surface area (TPSA) is 108 Å². The predicted molar refractivity (Wildman–Crippen MR) is 83.8 cm³/mol. The van der Waals surface area contributed by atoms with Crippen LogP contribution in [0.4, 0.5) is 0 Å². The van der Waals surface area contributed by atoms with Crippen molar-refractivity contribution in [3.8, 4) is 5.75 Å². The molecule has 0 bridgehead atoms. The number of carbonyl (C=O) groups is 3. The second-order valence-electron chi connectivity index (χ2n) is 4.59. The molecule has 0 spiro atoms. The zero-order chi connectivity index (χ0) is 17.2. The minimum atomic E-state index is -0.810. The van der Waals surface area contributed by atoms with Crippen LogP contribution >= 0.6 is 0 Å². The van der Waals surface area contributed by atoms with Crippen LogP contribution < -0.4 is 15.8 Å². The zero-order valence-electron chi connectivity index (χ0n) is 12.9. The van der Waals surface area contributed by atoms with Gasteiger partial charge in [-0.1, -0.05) is 12.1 Å². The SMILES string of the molecule is C=CC[C@@H](NC(=O)c1cccc(OCC(N)=O)c1)C(=O)OCC. The van der Waals surface area contributed by atoms with Crippen LogP contribution in [0.5, 0.6) is 5.75 Å². The molecule has 0 aliphatic rings. The van der Waals surface area contributed by atoms with Crippen LogP contribution in [0.1, 0.15) is 23.7 Å². The van der Waals surface area contributed by atoms with E-state index in [1.165, 1.54) is 12.1 Å². The normalized spacial score (nSPS) is 11.2. The smallest absolute Gasteiger partial charge is 0.328 e. The van der Waals surface area contributed by atoms with Crippen molar-refractivity contribution in [1.82, 2.24) is 5.32 Å². The molecule has 124 valence electrons. The first-order chi connectivity index (χ1) is 11.0. The molecule has 1 aromatic rings. The largest absolute Gasteiger partial charge is 0.484 e. The Kier molecular flexibility index (Phi) is 7.32. The quantitative estimate of drug-likeness (QED) is 0.516. The van der Waals surface area contributed by atoms with Gasteiger partial charge in [-0.25, -0.2) is 4.79 Å². The molecule has 0 aliphatic heterocycles. The molecule has 0 saturated heterocycles. The highest BCUT2D eigenvalue weighted by atomic mass is 16.5. The van der Waals surface area contributed by atoms with Gasteiger partial charge in [0.15, 0.2) is 6.61 Å². The van der Waals surface area contributed by atoms with Crippen molar-refractivity contribution in [3.05, 3.63) is 42.5 Å². The summed E-state index contributed by atoms with van der Waals surface area (Å²) in [4.78, 5) is 34.7. The van der Waals surface area contributed by atoms with Crippen LogP contribution in [0.3, 0.4) is 0 Å². The Labute approximate surface area is 134 Å². The third-order valence-corrected chi connectivity index (χ3v) is 2.76. The number of amides is 2. The maximum Gasteiger partial charge on any atom is 0.328 e. The van der Waals surface area contributed by atoms with E-state index in [0.717, 1.165) is 0 Å². The van der Waals surface area contributed by atoms with Crippen molar-refractivity contribution in [2.45, 2.75) is 19.4 Å². The van der Waals surface area contributed by atoms with Crippen molar-refractivity contribution in [1.29, 1.82) is 0 Å². The average molecular weight is 320 g/mol. The van der Waals surface area contributed by atoms with Gasteiger partial charge in [0, 0.05) is 5.56 Å². The van der Waals surface area contributed by atoms with Crippen molar-refractivity contribution < 1.29 is 23.9 Å². The maximum atomic E-state index is 12.2. The molecule has 0 saturated carbocycles. The summed E-state index contributed by atoms with van der Waals surface area (Å²) in [5, 5.41) is 2.58. The number of ether oxygens (including phenoxy) is 2. The molecule has 7 nitrogen and oxygen atoms in total. The second-order valence-corrected chi connectivity index (χ2v) is 4.59. The Balaban J connectivity index is 2.78. The predicted octanol–water partition coefficient (Wildman–Crippen LogP) is 0.788. The monoisotopic (exact) mass is 320 g/mol. The molecule has 0 aliphatic carbocycles. The van der Waals surface area contributed by atoms with E-state index in [2.05, 4.69) is 11.9 Å². The number of nitrogens with one attached hydrogen (secondary N) is 1. The molecule has 3 N–H and O–H groups in total. The summed E-state index contributed by atoms with van der Waals surface area (Å²) in [5.74, 6) is -1.28. The minimum absolute atomic E-state index is 0.221. The third kappa shape index (κ3) is 6.21. The van der Waals surface area contributed by atoms with E-state index < -0.39 is 23.8 Å². The third-order valence-electron chi connectivity index (χ3n) is 2.76. The van der Waals surface area contributed by atoms with Gasteiger partial charge in [0.25, 0.3) is 11.8 Å². The number of hydrogen-bond donors (Lipinski definition) is 2. The van der Waals surface area contributed by atoms with Gasteiger partial charge in [0.1, 0.15) is 11.8 Å². The Morgan fingerprint density at radius 2 is 2.13 bits per heavy atom. The van der Waals surface area contributed by atoms with Crippen LogP contribution in [0.2, 0.25) is 0 Å². The molecule has 0 aromatic heterocycles. The summed E-state index contributed by atoms with van der Waals surface area (Å²) < 4.78 is 10.0. The lowest BCUT2D eigenvalue weighted by molar-refractivity contribution is -0.145. The zero-order valence-corrected chi connectivity index (χ0v) is 12.9. The fourth-order valence-electron chi connectivity index (χ4n) is 1.75. The van der Waals surface area contributed by atoms with Gasteiger partial charge in [-0.3, -0.25) is 9.59 Å². The number of carbonyl (C=O) groups excluding carboxylic acids is 3. The van der Waals surface area contributed by atoms with E-state index in [4.69, 9.17) is 15.2 Å². The van der Waals surface area contributed by atoms with E-state index in [9.17, 15) is 14.4 Å². The van der Waals surface area contributed by atoms with Crippen molar-refractivity contribution in [2.75, 3.05) is 13.2 Å². The lowest BCUT2D eigenvalue weighted by Gasteiger charge is -2.16. The van der Waals surface area contributed by atoms with Crippen molar-refractivity contribution in [2.24, 2.45) is 5.73 Å². The van der Waals surface area contributed by atoms with Gasteiger partial charge in [0.2, 0.25) is 0 Å². The molecule has 1 aromatic carbocycles. The number of rotatable bonds is 9. The van der Waals surface area contributed by atoms with Crippen LogP contribution in [-0.2, 0) is 14.3 Å². The Bertz CT molecular complexity index is 586. The first-order valence-electron chi connectivity index (χ1n) is 7.07. The lowest BCUT2D eigenvalue weighted by Crippen LogP contribution is -2.41. The average Bonchev–Trinajstić information content (AvgIpc) is 2.53. The first kappa shape index (κ1) is 18.2. The summed E-state index contributed by atoms with van der Waals surface area (Å²) in [6.45, 7) is 5.18. The molecule has 0 heterocycles. The molecule has 7 heteroatoms. The Morgan fingerprint density at radius 3 is 2.74 bits per heavy atom. The number of primary amides is 1. The van der Waals surface area contributed by atoms with E-state index in [-0.39, 0.29) is 25.2 Å². The van der Waals surface area contributed by atoms with Crippen LogP contribution in [0, 0.1) is 0 Å². The molecule has 1 atom stereocenters. The van der Waals surface area contributed by atoms with Gasteiger partial charge in [-0.15, -0.1) is 6.58 Å². The highest BCUT2D eigenvalue weighted by Crippen LogP contribution is 2.13. The first-order valence-corrected chi connectivity index (χ1v) is 7.07. The van der Waals surface area contributed by atoms with E-state index >= 15 is 0 Å². The Hall–Kier alpha value is -2.83. The lowest BCUT2D eigenvalue weighted by atomic mass is 10.1. The molecular formula is C16H20N2O5. The van der Waals surface area contributed by atoms with Gasteiger partial charge in [-0.2, -0.15) is 0 Å². The summed E-state index contributed by atoms with van der Waals surface area (Å²) in [7, 11) is 0. The van der Waals surface area contributed by atoms with Gasteiger partial charge in [-0.05, 0) is 31.5 Å². The van der Waals surface area contributed by atoms with Crippen LogP contribution in [-0.4, -0.2) is 37.0 Å². The number of benzene rings is 1. The summed E-state index contributed by atoms with van der Waals surface area (Å²) >= 11 is 0. The van der Waals surface area contributed by atoms with Crippen LogP contribution in [0.25, 0.3) is 0 Å². The standard InChI is InChI=1S/C16H20N2O5/c1-3-6-13(16(21)22-4-2)18-15(20)11-7-5-8-12(9-11)23-10-14(17)19/h3,5,7-9,13H,1,4,6,10H2,2H3,(H2,17,19)(H,18,20)/t13-/m1/s1. The number of nitrogens with two attached hydrogens (primary N) is 1. The van der Waals surface area contributed by atoms with E-state index in [1.54, 1.807) is 25.1 Å². The van der Waals surface area contributed by atoms with E-state index in [1.807, 2.05) is 0 Å². The molecule has 2 amide bonds. The van der Waals surface area contributed by atoms with Crippen molar-refractivity contribution >= 4 is 17.8 Å². The fraction of sp³-hybridized carbons (Fsp3) is 0.312. The fourth-order valence-corrected chi connectivity index (χ4v) is 1.75. The maximum absolute atomic E-state index is 12.2. The molecule has 1 rings (SSSR count). The van der Waals surface area contributed by atoms with Crippen molar-refractivity contribution in [3.63, 3.8) is 0 Å². The summed E-state index contributed by atoms with van der Waals surface area (Å²) in [5.41, 5.74) is 5.28.